The number of nitrogens with one attached hydrogen (secondary N) is 1. The topological polar surface area (TPSA) is 44.1 Å². The second-order valence-corrected chi connectivity index (χ2v) is 5.57. The van der Waals surface area contributed by atoms with Crippen molar-refractivity contribution in [2.24, 2.45) is 0 Å². The van der Waals surface area contributed by atoms with Crippen LogP contribution in [0.25, 0.3) is 10.1 Å². The zero-order chi connectivity index (χ0) is 13.4. The zero-order valence-corrected chi connectivity index (χ0v) is 11.3. The van der Waals surface area contributed by atoms with Gasteiger partial charge in [-0.2, -0.15) is 0 Å². The van der Waals surface area contributed by atoms with E-state index in [9.17, 15) is 5.11 Å². The van der Waals surface area contributed by atoms with Crippen molar-refractivity contribution in [2.75, 3.05) is 0 Å². The van der Waals surface area contributed by atoms with Crippen LogP contribution in [0.15, 0.2) is 48.5 Å². The second kappa shape index (κ2) is 4.52. The molecule has 0 aliphatic carbocycles. The molecule has 3 aromatic rings. The number of fused-ring (bicyclic) bond motifs is 1. The van der Waals surface area contributed by atoms with Crippen LogP contribution in [0.4, 0.5) is 0 Å². The van der Waals surface area contributed by atoms with Crippen molar-refractivity contribution in [3.8, 4) is 5.75 Å². The molecule has 2 aromatic carbocycles. The lowest BCUT2D eigenvalue weighted by Crippen LogP contribution is -1.97. The van der Waals surface area contributed by atoms with Crippen molar-refractivity contribution in [3.63, 3.8) is 0 Å². The van der Waals surface area contributed by atoms with Gasteiger partial charge in [-0.15, -0.1) is 11.3 Å². The molecule has 2 N–H and O–H groups in total. The predicted octanol–water partition coefficient (Wildman–Crippen LogP) is 4.33. The van der Waals surface area contributed by atoms with Crippen LogP contribution in [0.5, 0.6) is 5.75 Å². The number of benzene rings is 2. The van der Waals surface area contributed by atoms with Gasteiger partial charge in [-0.25, -0.2) is 0 Å². The Balaban J connectivity index is 2.16. The van der Waals surface area contributed by atoms with E-state index in [1.165, 1.54) is 11.3 Å². The molecule has 0 atom stereocenters. The van der Waals surface area contributed by atoms with Crippen molar-refractivity contribution < 1.29 is 5.11 Å². The summed E-state index contributed by atoms with van der Waals surface area (Å²) in [5, 5.41) is 19.4. The fraction of sp³-hybridized carbons (Fsp3) is 0.0625. The molecule has 0 bridgehead atoms. The Morgan fingerprint density at radius 1 is 1.11 bits per heavy atom. The summed E-state index contributed by atoms with van der Waals surface area (Å²) in [4.78, 5) is 0.631. The van der Waals surface area contributed by atoms with E-state index >= 15 is 0 Å². The molecule has 19 heavy (non-hydrogen) atoms. The maximum absolute atomic E-state index is 10.3. The van der Waals surface area contributed by atoms with Gasteiger partial charge in [0.25, 0.3) is 0 Å². The lowest BCUT2D eigenvalue weighted by Gasteiger charge is -2.01. The Hall–Kier alpha value is -2.13. The van der Waals surface area contributed by atoms with Gasteiger partial charge in [0, 0.05) is 15.6 Å². The summed E-state index contributed by atoms with van der Waals surface area (Å²) in [6, 6.07) is 15.4. The molecule has 3 heteroatoms. The number of aromatic hydroxyl groups is 1. The van der Waals surface area contributed by atoms with E-state index in [1.807, 2.05) is 55.5 Å². The molecule has 0 saturated carbocycles. The number of hydrogen-bond acceptors (Lipinski definition) is 3. The highest BCUT2D eigenvalue weighted by Gasteiger charge is 2.16. The third-order valence-electron chi connectivity index (χ3n) is 3.11. The third kappa shape index (κ3) is 2.02. The van der Waals surface area contributed by atoms with E-state index in [4.69, 9.17) is 5.41 Å². The predicted molar refractivity (Wildman–Crippen MR) is 80.6 cm³/mol. The van der Waals surface area contributed by atoms with E-state index < -0.39 is 0 Å². The molecule has 0 saturated heterocycles. The molecule has 3 rings (SSSR count). The van der Waals surface area contributed by atoms with Crippen molar-refractivity contribution in [1.29, 1.82) is 5.41 Å². The molecule has 0 spiro atoms. The van der Waals surface area contributed by atoms with Gasteiger partial charge in [-0.3, -0.25) is 5.41 Å². The molecular formula is C16H13NOS. The van der Waals surface area contributed by atoms with Crippen LogP contribution in [0.1, 0.15) is 16.0 Å². The average Bonchev–Trinajstić information content (AvgIpc) is 2.75. The van der Waals surface area contributed by atoms with Gasteiger partial charge in [-0.05, 0) is 24.6 Å². The van der Waals surface area contributed by atoms with Crippen molar-refractivity contribution in [2.45, 2.75) is 6.92 Å². The van der Waals surface area contributed by atoms with Crippen LogP contribution >= 0.6 is 11.3 Å². The minimum absolute atomic E-state index is 0.217. The largest absolute Gasteiger partial charge is 0.506 e. The monoisotopic (exact) mass is 267 g/mol. The second-order valence-electron chi connectivity index (χ2n) is 4.52. The first kappa shape index (κ1) is 11.9. The van der Waals surface area contributed by atoms with Crippen molar-refractivity contribution in [3.05, 3.63) is 64.5 Å². The van der Waals surface area contributed by atoms with E-state index in [1.54, 1.807) is 0 Å². The Labute approximate surface area is 115 Å². The zero-order valence-electron chi connectivity index (χ0n) is 10.5. The fourth-order valence-corrected chi connectivity index (χ4v) is 3.26. The summed E-state index contributed by atoms with van der Waals surface area (Å²) < 4.78 is 1.02. The van der Waals surface area contributed by atoms with Gasteiger partial charge < -0.3 is 5.11 Å². The quantitative estimate of drug-likeness (QED) is 0.667. The Morgan fingerprint density at radius 3 is 2.58 bits per heavy atom. The molecule has 2 nitrogen and oxygen atoms in total. The molecule has 94 valence electrons. The first-order chi connectivity index (χ1) is 9.16. The van der Waals surface area contributed by atoms with Gasteiger partial charge >= 0.3 is 0 Å². The minimum Gasteiger partial charge on any atom is -0.506 e. The Kier molecular flexibility index (Phi) is 2.84. The highest BCUT2D eigenvalue weighted by atomic mass is 32.1. The molecule has 1 heterocycles. The van der Waals surface area contributed by atoms with Crippen LogP contribution in [0.3, 0.4) is 0 Å². The summed E-state index contributed by atoms with van der Waals surface area (Å²) in [7, 11) is 0. The van der Waals surface area contributed by atoms with Crippen LogP contribution in [-0.4, -0.2) is 10.8 Å². The van der Waals surface area contributed by atoms with Gasteiger partial charge in [0.2, 0.25) is 0 Å². The average molecular weight is 267 g/mol. The molecule has 0 aliphatic rings. The maximum atomic E-state index is 10.3. The van der Waals surface area contributed by atoms with Crippen LogP contribution in [-0.2, 0) is 0 Å². The fourth-order valence-electron chi connectivity index (χ4n) is 2.10. The van der Waals surface area contributed by atoms with E-state index in [0.717, 1.165) is 21.2 Å². The van der Waals surface area contributed by atoms with E-state index in [2.05, 4.69) is 0 Å². The molecule has 1 aromatic heterocycles. The van der Waals surface area contributed by atoms with Gasteiger partial charge in [0.1, 0.15) is 5.75 Å². The molecule has 0 aliphatic heterocycles. The highest BCUT2D eigenvalue weighted by Crippen LogP contribution is 2.38. The summed E-state index contributed by atoms with van der Waals surface area (Å²) in [5.41, 5.74) is 2.35. The van der Waals surface area contributed by atoms with Gasteiger partial charge in [0.05, 0.1) is 10.6 Å². The summed E-state index contributed by atoms with van der Waals surface area (Å²) in [5.74, 6) is 0.217. The molecule has 0 fully saturated rings. The minimum atomic E-state index is 0.217. The summed E-state index contributed by atoms with van der Waals surface area (Å²) in [6.07, 6.45) is 0. The number of aryl methyl sites for hydroxylation is 1. The SMILES string of the molecule is Cc1ccc2c(O)c(C(=N)c3ccccc3)sc2c1. The first-order valence-electron chi connectivity index (χ1n) is 6.03. The number of rotatable bonds is 2. The maximum Gasteiger partial charge on any atom is 0.143 e. The van der Waals surface area contributed by atoms with Crippen LogP contribution in [0, 0.1) is 12.3 Å². The molecule has 0 amide bonds. The van der Waals surface area contributed by atoms with Crippen molar-refractivity contribution in [1.82, 2.24) is 0 Å². The van der Waals surface area contributed by atoms with Gasteiger partial charge in [-0.1, -0.05) is 36.4 Å². The van der Waals surface area contributed by atoms with Crippen molar-refractivity contribution >= 4 is 27.1 Å². The summed E-state index contributed by atoms with van der Waals surface area (Å²) >= 11 is 1.47. The lowest BCUT2D eigenvalue weighted by molar-refractivity contribution is 0.482. The molecule has 0 unspecified atom stereocenters. The van der Waals surface area contributed by atoms with Crippen LogP contribution in [0.2, 0.25) is 0 Å². The number of thiophene rings is 1. The third-order valence-corrected chi connectivity index (χ3v) is 4.27. The smallest absolute Gasteiger partial charge is 0.143 e. The number of hydrogen-bond donors (Lipinski definition) is 2. The Bertz CT molecular complexity index is 759. The normalized spacial score (nSPS) is 10.8. The lowest BCUT2D eigenvalue weighted by atomic mass is 10.1. The molecule has 0 radical (unpaired) electrons. The van der Waals surface area contributed by atoms with E-state index in [-0.39, 0.29) is 5.75 Å². The Morgan fingerprint density at radius 2 is 1.84 bits per heavy atom. The highest BCUT2D eigenvalue weighted by molar-refractivity contribution is 7.21. The standard InChI is InChI=1S/C16H13NOS/c1-10-7-8-12-13(9-10)19-16(15(12)18)14(17)11-5-3-2-4-6-11/h2-9,17-18H,1H3. The van der Waals surface area contributed by atoms with Crippen LogP contribution < -0.4 is 0 Å². The molecular weight excluding hydrogens is 254 g/mol. The van der Waals surface area contributed by atoms with E-state index in [0.29, 0.717) is 10.6 Å². The summed E-state index contributed by atoms with van der Waals surface area (Å²) in [6.45, 7) is 2.03. The first-order valence-corrected chi connectivity index (χ1v) is 6.85. The van der Waals surface area contributed by atoms with Gasteiger partial charge in [0.15, 0.2) is 0 Å².